The van der Waals surface area contributed by atoms with Crippen molar-refractivity contribution in [3.63, 3.8) is 0 Å². The molecule has 0 saturated heterocycles. The molecule has 1 rings (SSSR count). The Labute approximate surface area is 97.0 Å². The standard InChI is InChI=1S/C10H11F3O3S/c1-6(2)8-4-3-7(17(14,15)16)5-9(8)10(11,12)13/h3-6H,1-2H3,(H,14,15,16)/p-1. The van der Waals surface area contributed by atoms with Gasteiger partial charge in [-0.05, 0) is 23.6 Å². The van der Waals surface area contributed by atoms with Crippen molar-refractivity contribution in [2.24, 2.45) is 0 Å². The Morgan fingerprint density at radius 3 is 2.12 bits per heavy atom. The summed E-state index contributed by atoms with van der Waals surface area (Å²) in [6.07, 6.45) is -4.68. The van der Waals surface area contributed by atoms with E-state index >= 15 is 0 Å². The molecule has 0 heterocycles. The van der Waals surface area contributed by atoms with Crippen LogP contribution in [-0.4, -0.2) is 13.0 Å². The number of benzene rings is 1. The minimum atomic E-state index is -4.88. The molecule has 0 fully saturated rings. The summed E-state index contributed by atoms with van der Waals surface area (Å²) in [6, 6.07) is 2.31. The molecule has 0 saturated carbocycles. The van der Waals surface area contributed by atoms with Crippen LogP contribution < -0.4 is 0 Å². The zero-order chi connectivity index (χ0) is 13.4. The predicted molar refractivity (Wildman–Crippen MR) is 53.5 cm³/mol. The van der Waals surface area contributed by atoms with Crippen molar-refractivity contribution in [2.45, 2.75) is 30.8 Å². The lowest BCUT2D eigenvalue weighted by Gasteiger charge is -2.17. The van der Waals surface area contributed by atoms with Crippen LogP contribution >= 0.6 is 0 Å². The number of rotatable bonds is 2. The minimum absolute atomic E-state index is 0.0371. The molecule has 96 valence electrons. The van der Waals surface area contributed by atoms with E-state index in [0.717, 1.165) is 12.1 Å². The molecule has 7 heteroatoms. The quantitative estimate of drug-likeness (QED) is 0.774. The highest BCUT2D eigenvalue weighted by Gasteiger charge is 2.34. The van der Waals surface area contributed by atoms with Gasteiger partial charge in [-0.3, -0.25) is 0 Å². The lowest BCUT2D eigenvalue weighted by molar-refractivity contribution is -0.138. The van der Waals surface area contributed by atoms with Crippen molar-refractivity contribution in [2.75, 3.05) is 0 Å². The van der Waals surface area contributed by atoms with Gasteiger partial charge in [0, 0.05) is 0 Å². The summed E-state index contributed by atoms with van der Waals surface area (Å²) in [5.41, 5.74) is -1.12. The molecule has 0 spiro atoms. The molecule has 0 bridgehead atoms. The van der Waals surface area contributed by atoms with Crippen LogP contribution in [0.2, 0.25) is 0 Å². The van der Waals surface area contributed by atoms with E-state index in [1.54, 1.807) is 13.8 Å². The first kappa shape index (κ1) is 14.0. The van der Waals surface area contributed by atoms with Gasteiger partial charge in [-0.15, -0.1) is 0 Å². The van der Waals surface area contributed by atoms with E-state index < -0.39 is 32.7 Å². The molecule has 17 heavy (non-hydrogen) atoms. The van der Waals surface area contributed by atoms with Gasteiger partial charge in [0.1, 0.15) is 10.1 Å². The summed E-state index contributed by atoms with van der Waals surface area (Å²) in [5.74, 6) is -0.421. The van der Waals surface area contributed by atoms with Crippen LogP contribution in [0.25, 0.3) is 0 Å². The Balaban J connectivity index is 3.51. The molecule has 3 nitrogen and oxygen atoms in total. The Bertz CT molecular complexity index is 518. The van der Waals surface area contributed by atoms with Gasteiger partial charge in [0.05, 0.1) is 10.5 Å². The van der Waals surface area contributed by atoms with Gasteiger partial charge < -0.3 is 4.55 Å². The van der Waals surface area contributed by atoms with Crippen molar-refractivity contribution in [1.29, 1.82) is 0 Å². The molecule has 0 radical (unpaired) electrons. The molecule has 0 N–H and O–H groups in total. The highest BCUT2D eigenvalue weighted by molar-refractivity contribution is 7.85. The van der Waals surface area contributed by atoms with Crippen LogP contribution in [-0.2, 0) is 16.3 Å². The van der Waals surface area contributed by atoms with Gasteiger partial charge in [-0.1, -0.05) is 19.9 Å². The highest BCUT2D eigenvalue weighted by Crippen LogP contribution is 2.36. The summed E-state index contributed by atoms with van der Waals surface area (Å²) in [4.78, 5) is -0.866. The summed E-state index contributed by atoms with van der Waals surface area (Å²) >= 11 is 0. The number of alkyl halides is 3. The monoisotopic (exact) mass is 267 g/mol. The minimum Gasteiger partial charge on any atom is -0.744 e. The van der Waals surface area contributed by atoms with Crippen molar-refractivity contribution in [3.05, 3.63) is 29.3 Å². The lowest BCUT2D eigenvalue weighted by Crippen LogP contribution is -2.12. The van der Waals surface area contributed by atoms with Crippen LogP contribution in [0, 0.1) is 0 Å². The fraction of sp³-hybridized carbons (Fsp3) is 0.400. The predicted octanol–water partition coefficient (Wildman–Crippen LogP) is 2.73. The van der Waals surface area contributed by atoms with Crippen LogP contribution in [0.1, 0.15) is 30.9 Å². The molecular formula is C10H10F3O3S-. The first-order valence-corrected chi connectivity index (χ1v) is 6.11. The molecular weight excluding hydrogens is 257 g/mol. The smallest absolute Gasteiger partial charge is 0.416 e. The van der Waals surface area contributed by atoms with Crippen molar-refractivity contribution in [1.82, 2.24) is 0 Å². The Morgan fingerprint density at radius 2 is 1.76 bits per heavy atom. The van der Waals surface area contributed by atoms with Crippen LogP contribution in [0.5, 0.6) is 0 Å². The third kappa shape index (κ3) is 3.19. The topological polar surface area (TPSA) is 57.2 Å². The van der Waals surface area contributed by atoms with Crippen LogP contribution in [0.3, 0.4) is 0 Å². The fourth-order valence-electron chi connectivity index (χ4n) is 1.44. The molecule has 0 atom stereocenters. The molecule has 0 aliphatic carbocycles. The van der Waals surface area contributed by atoms with Crippen molar-refractivity contribution in [3.8, 4) is 0 Å². The Hall–Kier alpha value is -1.08. The van der Waals surface area contributed by atoms with Crippen LogP contribution in [0.15, 0.2) is 23.1 Å². The second-order valence-corrected chi connectivity index (χ2v) is 5.24. The molecule has 0 aliphatic rings. The van der Waals surface area contributed by atoms with E-state index in [9.17, 15) is 26.1 Å². The first-order valence-electron chi connectivity index (χ1n) is 4.70. The van der Waals surface area contributed by atoms with E-state index in [1.807, 2.05) is 0 Å². The normalized spacial score (nSPS) is 13.1. The second kappa shape index (κ2) is 4.30. The average molecular weight is 267 g/mol. The summed E-state index contributed by atoms with van der Waals surface area (Å²) in [6.45, 7) is 3.10. The van der Waals surface area contributed by atoms with E-state index in [1.165, 1.54) is 0 Å². The zero-order valence-electron chi connectivity index (χ0n) is 9.08. The SMILES string of the molecule is CC(C)c1ccc(S(=O)(=O)[O-])cc1C(F)(F)F. The maximum Gasteiger partial charge on any atom is 0.416 e. The molecule has 0 aromatic heterocycles. The summed E-state index contributed by atoms with van der Waals surface area (Å²) in [5, 5.41) is 0. The highest BCUT2D eigenvalue weighted by atomic mass is 32.2. The van der Waals surface area contributed by atoms with Gasteiger partial charge >= 0.3 is 6.18 Å². The van der Waals surface area contributed by atoms with E-state index in [0.29, 0.717) is 6.07 Å². The third-order valence-electron chi connectivity index (χ3n) is 2.24. The van der Waals surface area contributed by atoms with Gasteiger partial charge in [-0.2, -0.15) is 13.2 Å². The molecule has 0 amide bonds. The second-order valence-electron chi connectivity index (χ2n) is 3.86. The maximum absolute atomic E-state index is 12.7. The van der Waals surface area contributed by atoms with E-state index in [2.05, 4.69) is 0 Å². The molecule has 0 unspecified atom stereocenters. The number of halogens is 3. The van der Waals surface area contributed by atoms with E-state index in [-0.39, 0.29) is 5.56 Å². The average Bonchev–Trinajstić information content (AvgIpc) is 2.14. The third-order valence-corrected chi connectivity index (χ3v) is 3.07. The first-order chi connectivity index (χ1) is 7.53. The molecule has 0 aliphatic heterocycles. The Morgan fingerprint density at radius 1 is 1.24 bits per heavy atom. The zero-order valence-corrected chi connectivity index (χ0v) is 9.89. The number of hydrogen-bond acceptors (Lipinski definition) is 3. The van der Waals surface area contributed by atoms with Crippen molar-refractivity contribution < 1.29 is 26.1 Å². The van der Waals surface area contributed by atoms with Gasteiger partial charge in [0.25, 0.3) is 0 Å². The summed E-state index contributed by atoms with van der Waals surface area (Å²) in [7, 11) is -4.88. The molecule has 1 aromatic carbocycles. The largest absolute Gasteiger partial charge is 0.744 e. The van der Waals surface area contributed by atoms with Gasteiger partial charge in [-0.25, -0.2) is 8.42 Å². The lowest BCUT2D eigenvalue weighted by atomic mass is 9.97. The van der Waals surface area contributed by atoms with Gasteiger partial charge in [0.2, 0.25) is 0 Å². The van der Waals surface area contributed by atoms with Crippen LogP contribution in [0.4, 0.5) is 13.2 Å². The Kier molecular flexibility index (Phi) is 3.54. The van der Waals surface area contributed by atoms with E-state index in [4.69, 9.17) is 0 Å². The fourth-order valence-corrected chi connectivity index (χ4v) is 1.94. The van der Waals surface area contributed by atoms with Gasteiger partial charge in [0.15, 0.2) is 0 Å². The maximum atomic E-state index is 12.7. The summed E-state index contributed by atoms with van der Waals surface area (Å²) < 4.78 is 70.1. The van der Waals surface area contributed by atoms with Crippen molar-refractivity contribution >= 4 is 10.1 Å². The number of hydrogen-bond donors (Lipinski definition) is 0. The molecule has 1 aromatic rings.